The molecule has 240 valence electrons. The number of para-hydroxylation sites is 1. The fourth-order valence-electron chi connectivity index (χ4n) is 5.74. The topological polar surface area (TPSA) is 128 Å². The van der Waals surface area contributed by atoms with Gasteiger partial charge >= 0.3 is 0 Å². The molecule has 2 aliphatic rings. The molecule has 7 rings (SSSR count). The number of piperidine rings is 1. The Balaban J connectivity index is 0.000000407. The number of anilines is 2. The van der Waals surface area contributed by atoms with Crippen molar-refractivity contribution in [2.24, 2.45) is 5.73 Å². The molecule has 0 amide bonds. The van der Waals surface area contributed by atoms with Crippen molar-refractivity contribution in [1.29, 1.82) is 0 Å². The molecule has 0 saturated carbocycles. The van der Waals surface area contributed by atoms with Gasteiger partial charge in [-0.1, -0.05) is 12.1 Å². The van der Waals surface area contributed by atoms with Gasteiger partial charge in [-0.05, 0) is 100 Å². The first-order valence-corrected chi connectivity index (χ1v) is 15.6. The fourth-order valence-corrected chi connectivity index (χ4v) is 5.74. The molecule has 0 aliphatic carbocycles. The van der Waals surface area contributed by atoms with Crippen molar-refractivity contribution in [2.75, 3.05) is 57.1 Å². The highest BCUT2D eigenvalue weighted by molar-refractivity contribution is 6.12. The summed E-state index contributed by atoms with van der Waals surface area (Å²) in [7, 11) is 2.14. The summed E-state index contributed by atoms with van der Waals surface area (Å²) in [6, 6.07) is 19.9. The first kappa shape index (κ1) is 31.3. The summed E-state index contributed by atoms with van der Waals surface area (Å²) in [5.74, 6) is 0.168. The second-order valence-electron chi connectivity index (χ2n) is 11.9. The summed E-state index contributed by atoms with van der Waals surface area (Å²) in [4.78, 5) is 21.2. The van der Waals surface area contributed by atoms with E-state index in [2.05, 4.69) is 33.0 Å². The largest absolute Gasteiger partial charge is 0.454 e. The number of morpholine rings is 1. The lowest BCUT2D eigenvalue weighted by atomic mass is 10.1. The van der Waals surface area contributed by atoms with Crippen LogP contribution in [0.2, 0.25) is 0 Å². The lowest BCUT2D eigenvalue weighted by molar-refractivity contribution is 0.103. The number of likely N-dealkylation sites (tertiary alicyclic amines) is 1. The maximum absolute atomic E-state index is 14.0. The van der Waals surface area contributed by atoms with E-state index in [0.717, 1.165) is 35.2 Å². The minimum Gasteiger partial charge on any atom is -0.454 e. The third-order valence-electron chi connectivity index (χ3n) is 8.50. The van der Waals surface area contributed by atoms with Crippen molar-refractivity contribution in [1.82, 2.24) is 19.7 Å². The van der Waals surface area contributed by atoms with Gasteiger partial charge in [0.25, 0.3) is 0 Å². The van der Waals surface area contributed by atoms with E-state index in [1.165, 1.54) is 42.9 Å². The number of nitrogens with zero attached hydrogens (tertiary/aromatic N) is 4. The highest BCUT2D eigenvalue weighted by Gasteiger charge is 2.21. The molecule has 2 saturated heterocycles. The fraction of sp³-hybridized carbons (Fsp3) is 0.314. The number of rotatable bonds is 6. The molecule has 11 heteroatoms. The molecule has 3 aromatic carbocycles. The van der Waals surface area contributed by atoms with Gasteiger partial charge < -0.3 is 35.7 Å². The minimum absolute atomic E-state index is 0.140. The van der Waals surface area contributed by atoms with Crippen molar-refractivity contribution in [3.63, 3.8) is 0 Å². The van der Waals surface area contributed by atoms with Crippen LogP contribution in [0.5, 0.6) is 11.5 Å². The number of carbonyl (C=O) groups is 1. The Labute approximate surface area is 267 Å². The number of H-pyrrole nitrogens is 1. The quantitative estimate of drug-likeness (QED) is 0.218. The number of aromatic amines is 1. The lowest BCUT2D eigenvalue weighted by Crippen LogP contribution is -2.37. The van der Waals surface area contributed by atoms with Crippen LogP contribution in [0.15, 0.2) is 72.9 Å². The molecule has 46 heavy (non-hydrogen) atoms. The van der Waals surface area contributed by atoms with Gasteiger partial charge in [0, 0.05) is 35.7 Å². The zero-order valence-electron chi connectivity index (χ0n) is 26.2. The number of fused-ring (bicyclic) bond motifs is 1. The highest BCUT2D eigenvalue weighted by atomic mass is 19.1. The van der Waals surface area contributed by atoms with Crippen molar-refractivity contribution < 1.29 is 18.7 Å². The summed E-state index contributed by atoms with van der Waals surface area (Å²) < 4.78 is 26.6. The average Bonchev–Trinajstić information content (AvgIpc) is 3.67. The SMILES string of the molecule is CN1CCC(N)CC1.Cc1cc(Oc2ccccc2F)ccc1-n1ncc(C(=O)c2cc3cc(N4CCOCC4)ccc3[nH]2)c1N. The number of halogens is 1. The molecule has 4 heterocycles. The molecular formula is C35H40FN7O3. The molecule has 0 radical (unpaired) electrons. The number of nitrogen functional groups attached to an aromatic ring is 1. The second-order valence-corrected chi connectivity index (χ2v) is 11.9. The molecule has 0 atom stereocenters. The molecule has 0 bridgehead atoms. The van der Waals surface area contributed by atoms with Crippen LogP contribution < -0.4 is 21.1 Å². The van der Waals surface area contributed by atoms with Crippen LogP contribution in [0.1, 0.15) is 34.5 Å². The number of nitrogens with two attached hydrogens (primary N) is 2. The first-order valence-electron chi connectivity index (χ1n) is 15.6. The van der Waals surface area contributed by atoms with Crippen molar-refractivity contribution in [2.45, 2.75) is 25.8 Å². The standard InChI is InChI=1S/C29H26FN5O3.C6H14N2/c1-18-14-21(38-27-5-3-2-4-23(27)30)7-9-26(18)35-29(31)22(17-32-35)28(36)25-16-19-15-20(6-8-24(19)33-25)34-10-12-37-13-11-34;1-8-4-2-6(7)3-5-8/h2-9,14-17,33H,10-13,31H2,1H3;6H,2-5,7H2,1H3. The van der Waals surface area contributed by atoms with E-state index >= 15 is 0 Å². The van der Waals surface area contributed by atoms with E-state index in [1.54, 1.807) is 36.4 Å². The predicted octanol–water partition coefficient (Wildman–Crippen LogP) is 5.28. The number of benzene rings is 3. The van der Waals surface area contributed by atoms with Crippen LogP contribution in [0.25, 0.3) is 16.6 Å². The number of ether oxygens (including phenoxy) is 2. The summed E-state index contributed by atoms with van der Waals surface area (Å²) in [5.41, 5.74) is 16.3. The molecule has 10 nitrogen and oxygen atoms in total. The maximum atomic E-state index is 14.0. The molecule has 2 fully saturated rings. The van der Waals surface area contributed by atoms with Gasteiger partial charge in [0.2, 0.25) is 5.78 Å². The number of ketones is 1. The Hall–Kier alpha value is -4.71. The highest BCUT2D eigenvalue weighted by Crippen LogP contribution is 2.30. The van der Waals surface area contributed by atoms with Crippen LogP contribution in [0, 0.1) is 12.7 Å². The van der Waals surface area contributed by atoms with Gasteiger partial charge in [-0.2, -0.15) is 5.10 Å². The minimum atomic E-state index is -0.442. The van der Waals surface area contributed by atoms with E-state index in [9.17, 15) is 9.18 Å². The van der Waals surface area contributed by atoms with Crippen LogP contribution >= 0.6 is 0 Å². The van der Waals surface area contributed by atoms with Crippen LogP contribution in [-0.4, -0.2) is 77.9 Å². The summed E-state index contributed by atoms with van der Waals surface area (Å²) in [6.45, 7) is 7.33. The Morgan fingerprint density at radius 3 is 2.50 bits per heavy atom. The average molecular weight is 626 g/mol. The molecule has 2 aliphatic heterocycles. The number of hydrogen-bond acceptors (Lipinski definition) is 8. The summed E-state index contributed by atoms with van der Waals surface area (Å²) >= 11 is 0. The van der Waals surface area contributed by atoms with Gasteiger partial charge in [-0.3, -0.25) is 4.79 Å². The lowest BCUT2D eigenvalue weighted by Gasteiger charge is -2.28. The number of nitrogens with one attached hydrogen (secondary N) is 1. The van der Waals surface area contributed by atoms with Crippen LogP contribution in [0.3, 0.4) is 0 Å². The van der Waals surface area contributed by atoms with Gasteiger partial charge in [0.1, 0.15) is 11.6 Å². The zero-order valence-corrected chi connectivity index (χ0v) is 26.2. The Bertz CT molecular complexity index is 1810. The number of hydrogen-bond donors (Lipinski definition) is 3. The smallest absolute Gasteiger partial charge is 0.214 e. The third-order valence-corrected chi connectivity index (χ3v) is 8.50. The Kier molecular flexibility index (Phi) is 9.34. The van der Waals surface area contributed by atoms with Gasteiger partial charge in [-0.15, -0.1) is 0 Å². The van der Waals surface area contributed by atoms with Gasteiger partial charge in [0.15, 0.2) is 11.6 Å². The molecule has 0 spiro atoms. The normalized spacial score (nSPS) is 15.9. The zero-order chi connectivity index (χ0) is 32.2. The van der Waals surface area contributed by atoms with E-state index in [4.69, 9.17) is 20.9 Å². The van der Waals surface area contributed by atoms with Crippen LogP contribution in [0.4, 0.5) is 15.9 Å². The number of carbonyl (C=O) groups excluding carboxylic acids is 1. The molecule has 5 N–H and O–H groups in total. The van der Waals surface area contributed by atoms with Gasteiger partial charge in [0.05, 0.1) is 36.4 Å². The van der Waals surface area contributed by atoms with Crippen LogP contribution in [-0.2, 0) is 4.74 Å². The Morgan fingerprint density at radius 2 is 1.78 bits per heavy atom. The molecule has 5 aromatic rings. The number of aromatic nitrogens is 3. The van der Waals surface area contributed by atoms with E-state index in [0.29, 0.717) is 41.9 Å². The van der Waals surface area contributed by atoms with E-state index < -0.39 is 5.82 Å². The Morgan fingerprint density at radius 1 is 1.02 bits per heavy atom. The first-order chi connectivity index (χ1) is 22.3. The number of aryl methyl sites for hydroxylation is 1. The molecule has 0 unspecified atom stereocenters. The van der Waals surface area contributed by atoms with Crippen molar-refractivity contribution in [3.8, 4) is 17.2 Å². The monoisotopic (exact) mass is 625 g/mol. The summed E-state index contributed by atoms with van der Waals surface area (Å²) in [6.07, 6.45) is 3.83. The maximum Gasteiger partial charge on any atom is 0.214 e. The second kappa shape index (κ2) is 13.7. The third kappa shape index (κ3) is 6.91. The van der Waals surface area contributed by atoms with Gasteiger partial charge in [-0.25, -0.2) is 9.07 Å². The molecule has 2 aromatic heterocycles. The van der Waals surface area contributed by atoms with E-state index in [-0.39, 0.29) is 17.4 Å². The molecular weight excluding hydrogens is 585 g/mol. The predicted molar refractivity (Wildman–Crippen MR) is 179 cm³/mol. The van der Waals surface area contributed by atoms with Crippen molar-refractivity contribution in [3.05, 3.63) is 95.6 Å². The van der Waals surface area contributed by atoms with E-state index in [1.807, 2.05) is 25.1 Å². The summed E-state index contributed by atoms with van der Waals surface area (Å²) in [5, 5.41) is 5.34. The van der Waals surface area contributed by atoms with Crippen molar-refractivity contribution >= 4 is 28.2 Å².